The monoisotopic (exact) mass is 1200 g/mol. The first-order valence-corrected chi connectivity index (χ1v) is 25.8. The van der Waals surface area contributed by atoms with E-state index in [1.54, 1.807) is 89.4 Å². The minimum Gasteiger partial charge on any atom is -0.497 e. The van der Waals surface area contributed by atoms with Crippen LogP contribution >= 0.6 is 62.3 Å². The average molecular weight is 1200 g/mol. The molecule has 0 bridgehead atoms. The van der Waals surface area contributed by atoms with Crippen molar-refractivity contribution in [1.82, 2.24) is 20.0 Å². The Kier molecular flexibility index (Phi) is 25.9. The lowest BCUT2D eigenvalue weighted by Crippen LogP contribution is -2.34. The summed E-state index contributed by atoms with van der Waals surface area (Å²) in [5, 5.41) is 33.1. The zero-order chi connectivity index (χ0) is 56.6. The number of carbonyl (C=O) groups is 4. The van der Waals surface area contributed by atoms with Crippen molar-refractivity contribution in [3.63, 3.8) is 0 Å². The number of carboxylic acids is 1. The van der Waals surface area contributed by atoms with E-state index in [9.17, 15) is 19.2 Å². The molecule has 5 N–H and O–H groups in total. The Hall–Kier alpha value is -7.00. The first kappa shape index (κ1) is 62.5. The quantitative estimate of drug-likeness (QED) is 0.0788. The third kappa shape index (κ3) is 21.9. The molecular formula is C54H57BrCl4N8O10. The van der Waals surface area contributed by atoms with Gasteiger partial charge in [-0.1, -0.05) is 74.5 Å². The van der Waals surface area contributed by atoms with Crippen LogP contribution in [0.4, 0.5) is 11.6 Å². The van der Waals surface area contributed by atoms with E-state index in [1.807, 2.05) is 48.5 Å². The number of nitrogen functional groups attached to an aromatic ring is 1. The van der Waals surface area contributed by atoms with Crippen molar-refractivity contribution in [2.45, 2.75) is 50.5 Å². The smallest absolute Gasteiger partial charge is 0.352 e. The van der Waals surface area contributed by atoms with Crippen LogP contribution < -0.4 is 30.0 Å². The number of alkyl halides is 1. The van der Waals surface area contributed by atoms with Crippen molar-refractivity contribution < 1.29 is 48.3 Å². The van der Waals surface area contributed by atoms with Gasteiger partial charge < -0.3 is 40.2 Å². The van der Waals surface area contributed by atoms with Crippen molar-refractivity contribution >= 4 is 109 Å². The number of aliphatic hydroxyl groups is 1. The fourth-order valence-corrected chi connectivity index (χ4v) is 8.10. The van der Waals surface area contributed by atoms with Gasteiger partial charge in [0.1, 0.15) is 46.1 Å². The average Bonchev–Trinajstić information content (AvgIpc) is 3.41. The highest BCUT2D eigenvalue weighted by atomic mass is 79.9. The zero-order valence-electron chi connectivity index (χ0n) is 42.9. The van der Waals surface area contributed by atoms with Crippen molar-refractivity contribution in [3.8, 4) is 23.0 Å². The largest absolute Gasteiger partial charge is 0.497 e. The summed E-state index contributed by atoms with van der Waals surface area (Å²) >= 11 is 27.0. The van der Waals surface area contributed by atoms with Crippen LogP contribution in [0.2, 0.25) is 20.1 Å². The molecule has 4 heterocycles. The van der Waals surface area contributed by atoms with Crippen LogP contribution in [0.25, 0.3) is 0 Å². The summed E-state index contributed by atoms with van der Waals surface area (Å²) < 4.78 is 20.4. The molecule has 0 saturated heterocycles. The second-order valence-electron chi connectivity index (χ2n) is 16.5. The Bertz CT molecular complexity index is 2930. The first-order chi connectivity index (χ1) is 36.7. The van der Waals surface area contributed by atoms with Gasteiger partial charge in [0.25, 0.3) is 5.91 Å². The molecule has 2 aromatic heterocycles. The van der Waals surface area contributed by atoms with E-state index in [-0.39, 0.29) is 49.3 Å². The minimum atomic E-state index is -1.05. The van der Waals surface area contributed by atoms with Crippen molar-refractivity contribution in [2.24, 2.45) is 10.2 Å². The molecule has 0 fully saturated rings. The number of hydrazone groups is 2. The molecule has 6 aromatic rings. The van der Waals surface area contributed by atoms with Gasteiger partial charge in [-0.2, -0.15) is 10.2 Å². The van der Waals surface area contributed by atoms with E-state index in [4.69, 9.17) is 81.3 Å². The van der Waals surface area contributed by atoms with E-state index < -0.39 is 5.97 Å². The molecule has 8 rings (SSSR count). The van der Waals surface area contributed by atoms with E-state index in [1.165, 1.54) is 19.1 Å². The lowest BCUT2D eigenvalue weighted by molar-refractivity contribution is -0.132. The number of carbonyl (C=O) groups excluding carboxylic acids is 3. The van der Waals surface area contributed by atoms with Crippen LogP contribution in [-0.2, 0) is 44.0 Å². The fourth-order valence-electron chi connectivity index (χ4n) is 6.79. The number of pyridine rings is 2. The van der Waals surface area contributed by atoms with Crippen LogP contribution in [0.3, 0.4) is 0 Å². The minimum absolute atomic E-state index is 0.0169. The van der Waals surface area contributed by atoms with Crippen LogP contribution in [0.1, 0.15) is 59.1 Å². The lowest BCUT2D eigenvalue weighted by atomic mass is 10.1. The number of nitrogens with zero attached hydrogens (tertiary/aromatic N) is 6. The van der Waals surface area contributed by atoms with Gasteiger partial charge in [-0.05, 0) is 131 Å². The number of amides is 3. The van der Waals surface area contributed by atoms with Crippen molar-refractivity contribution in [1.29, 1.82) is 0 Å². The molecule has 18 nitrogen and oxygen atoms in total. The molecule has 0 radical (unpaired) electrons. The molecule has 0 aliphatic carbocycles. The number of hydrogen-bond acceptors (Lipinski definition) is 14. The normalized spacial score (nSPS) is 12.5. The van der Waals surface area contributed by atoms with Gasteiger partial charge in [-0.25, -0.2) is 24.8 Å². The third-order valence-electron chi connectivity index (χ3n) is 10.7. The Labute approximate surface area is 474 Å². The number of ether oxygens (including phenoxy) is 4. The van der Waals surface area contributed by atoms with Crippen LogP contribution in [0.15, 0.2) is 120 Å². The van der Waals surface area contributed by atoms with E-state index in [0.29, 0.717) is 61.8 Å². The van der Waals surface area contributed by atoms with Gasteiger partial charge in [0.2, 0.25) is 11.8 Å². The van der Waals surface area contributed by atoms with Crippen molar-refractivity contribution in [2.75, 3.05) is 53.6 Å². The van der Waals surface area contributed by atoms with Gasteiger partial charge in [0, 0.05) is 77.6 Å². The topological polar surface area (TPSA) is 241 Å². The number of nitrogens with one attached hydrogen (secondary N) is 1. The SMILES string of the molecule is CN1N=C(C(=O)O)CCC1=O.COc1cc(Cl)cc(CBr)c1.COc1cc(Cl)cc(CO)c1.COc1cc(Cl)cc(Cc2ccc(N)nc2)c1.COc1cc(Cl)cc(Cc2ccc(NC(=O)C3=NN(C)C(=O)CC3)nc2)c1. The highest BCUT2D eigenvalue weighted by molar-refractivity contribution is 9.08. The number of aromatic nitrogens is 2. The van der Waals surface area contributed by atoms with Crippen LogP contribution in [-0.4, -0.2) is 108 Å². The predicted octanol–water partition coefficient (Wildman–Crippen LogP) is 10.6. The second-order valence-corrected chi connectivity index (χ2v) is 18.8. The molecule has 2 aliphatic heterocycles. The number of aliphatic hydroxyl groups excluding tert-OH is 1. The number of methoxy groups -OCH3 is 4. The second kappa shape index (κ2) is 31.9. The van der Waals surface area contributed by atoms with Crippen LogP contribution in [0.5, 0.6) is 23.0 Å². The van der Waals surface area contributed by atoms with Gasteiger partial charge in [0.15, 0.2) is 0 Å². The standard InChI is InChI=1S/C19H19ClN4O3.C13H13ClN2O.C8H8BrClO.C8H9ClO2.C6H8N2O3/c1-24-18(25)6-4-16(23-24)19(26)22-17-5-3-12(11-21-17)7-13-8-14(20)10-15(9-13)27-2;1-17-12-6-10(5-11(14)7-12)4-9-2-3-13(15)16-8-9;1-11-8-3-6(5-9)2-7(10)4-8;1-11-8-3-6(5-10)2-7(9)4-8;1-8-5(9)3-2-4(7-8)6(10)11/h3,5,8-11H,4,6-7H2,1-2H3,(H,21,22,26);2-3,5-8H,4H2,1H3,(H2,15,16);2-4H,5H2,1H3;2-4,10H,5H2,1H3;2-3H2,1H3,(H,10,11). The highest BCUT2D eigenvalue weighted by Gasteiger charge is 2.23. The number of rotatable bonds is 13. The Morgan fingerprint density at radius 1 is 0.584 bits per heavy atom. The summed E-state index contributed by atoms with van der Waals surface area (Å²) in [6.45, 7) is -0.0169. The third-order valence-corrected chi connectivity index (χ3v) is 12.2. The van der Waals surface area contributed by atoms with E-state index in [2.05, 4.69) is 41.4 Å². The molecule has 0 spiro atoms. The van der Waals surface area contributed by atoms with Gasteiger partial charge in [-0.15, -0.1) is 0 Å². The predicted molar refractivity (Wildman–Crippen MR) is 304 cm³/mol. The molecule has 3 amide bonds. The number of nitrogens with two attached hydrogens (primary N) is 1. The number of anilines is 2. The highest BCUT2D eigenvalue weighted by Crippen LogP contribution is 2.26. The Morgan fingerprint density at radius 2 is 0.987 bits per heavy atom. The van der Waals surface area contributed by atoms with E-state index >= 15 is 0 Å². The van der Waals surface area contributed by atoms with Crippen LogP contribution in [0, 0.1) is 0 Å². The first-order valence-electron chi connectivity index (χ1n) is 23.1. The van der Waals surface area contributed by atoms with E-state index in [0.717, 1.165) is 61.6 Å². The Balaban J connectivity index is 0.000000221. The molecule has 408 valence electrons. The summed E-state index contributed by atoms with van der Waals surface area (Å²) in [5.74, 6) is 2.22. The van der Waals surface area contributed by atoms with Crippen molar-refractivity contribution in [3.05, 3.63) is 163 Å². The molecule has 77 heavy (non-hydrogen) atoms. The fraction of sp³-hybridized carbons (Fsp3) is 0.259. The summed E-state index contributed by atoms with van der Waals surface area (Å²) in [6, 6.07) is 29.3. The molecule has 0 atom stereocenters. The number of benzene rings is 4. The van der Waals surface area contributed by atoms with Gasteiger partial charge in [-0.3, -0.25) is 14.4 Å². The molecule has 0 unspecified atom stereocenters. The molecule has 4 aromatic carbocycles. The number of halogens is 5. The summed E-state index contributed by atoms with van der Waals surface area (Å²) in [7, 11) is 9.40. The summed E-state index contributed by atoms with van der Waals surface area (Å²) in [6.07, 6.45) is 5.92. The maximum atomic E-state index is 12.3. The molecule has 0 saturated carbocycles. The maximum absolute atomic E-state index is 12.3. The zero-order valence-corrected chi connectivity index (χ0v) is 47.5. The lowest BCUT2D eigenvalue weighted by Gasteiger charge is -2.18. The maximum Gasteiger partial charge on any atom is 0.352 e. The number of carboxylic acid groups (broad SMARTS) is 1. The molecule has 2 aliphatic rings. The molecule has 23 heteroatoms. The number of aliphatic carboxylic acids is 1. The number of hydrogen-bond donors (Lipinski definition) is 4. The van der Waals surface area contributed by atoms with Gasteiger partial charge in [0.05, 0.1) is 35.0 Å². The summed E-state index contributed by atoms with van der Waals surface area (Å²) in [4.78, 5) is 53.1. The Morgan fingerprint density at radius 3 is 1.38 bits per heavy atom. The summed E-state index contributed by atoms with van der Waals surface area (Å²) in [5.41, 5.74) is 11.9. The molecular weight excluding hydrogens is 1140 g/mol. The van der Waals surface area contributed by atoms with Gasteiger partial charge >= 0.3 is 5.97 Å².